The van der Waals surface area contributed by atoms with Gasteiger partial charge in [0.2, 0.25) is 0 Å². The largest absolute Gasteiger partial charge is 0.459 e. The van der Waals surface area contributed by atoms with Crippen molar-refractivity contribution in [2.24, 2.45) is 5.41 Å². The average molecular weight is 789 g/mol. The standard InChI is InChI=1S/C44H84O11/c1-32-14-6-5-7-15-37(49)29-38(50)24-10-20-34(46)21-11-25-39(51)30-40(52)31-41(55-43(54)28-32)26-12-22-35(47)18-8-16-33(45)17-9-19-36(48)23-13-27-42(53)44(2,3)4/h28,33-42,45-53H,5-27,29-31H2,1-4H3/t33-,34+,35+,36-,37+,38-,39-,40+,41-,42+/m1/s1. The Labute approximate surface area is 333 Å². The summed E-state index contributed by atoms with van der Waals surface area (Å²) in [6.07, 6.45) is 10.6. The molecule has 1 aliphatic rings. The Bertz CT molecular complexity index is 985. The number of aliphatic hydroxyl groups excluding tert-OH is 9. The molecule has 0 aromatic heterocycles. The highest BCUT2D eigenvalue weighted by molar-refractivity contribution is 5.82. The zero-order valence-electron chi connectivity index (χ0n) is 35.1. The molecule has 0 aromatic rings. The normalized spacial score (nSPS) is 27.9. The van der Waals surface area contributed by atoms with E-state index in [1.807, 2.05) is 27.7 Å². The second kappa shape index (κ2) is 30.0. The zero-order valence-corrected chi connectivity index (χ0v) is 35.1. The van der Waals surface area contributed by atoms with E-state index in [9.17, 15) is 50.8 Å². The smallest absolute Gasteiger partial charge is 0.330 e. The van der Waals surface area contributed by atoms with Crippen molar-refractivity contribution in [1.82, 2.24) is 0 Å². The molecular weight excluding hydrogens is 704 g/mol. The molecule has 326 valence electrons. The van der Waals surface area contributed by atoms with Crippen molar-refractivity contribution >= 4 is 5.97 Å². The van der Waals surface area contributed by atoms with Gasteiger partial charge in [0.05, 0.1) is 54.9 Å². The molecule has 10 atom stereocenters. The van der Waals surface area contributed by atoms with Crippen LogP contribution in [-0.4, -0.2) is 113 Å². The van der Waals surface area contributed by atoms with E-state index in [0.717, 1.165) is 31.3 Å². The fourth-order valence-electron chi connectivity index (χ4n) is 7.53. The van der Waals surface area contributed by atoms with Crippen LogP contribution in [0.5, 0.6) is 0 Å². The first-order valence-electron chi connectivity index (χ1n) is 21.9. The fraction of sp³-hybridized carbons (Fsp3) is 0.932. The van der Waals surface area contributed by atoms with Gasteiger partial charge < -0.3 is 50.7 Å². The Morgan fingerprint density at radius 2 is 1.02 bits per heavy atom. The van der Waals surface area contributed by atoms with Gasteiger partial charge >= 0.3 is 5.97 Å². The summed E-state index contributed by atoms with van der Waals surface area (Å²) in [4.78, 5) is 12.9. The number of hydrogen-bond donors (Lipinski definition) is 9. The van der Waals surface area contributed by atoms with Gasteiger partial charge in [-0.05, 0) is 160 Å². The second-order valence-electron chi connectivity index (χ2n) is 18.1. The minimum atomic E-state index is -0.890. The third-order valence-corrected chi connectivity index (χ3v) is 11.3. The number of carbonyl (C=O) groups is 1. The SMILES string of the molecule is CC1=CC(=O)O[C@H](CCC[C@@H](O)CCC[C@@H](O)CCC[C@@H](O)CCC[C@H](O)C(C)(C)C)C[C@@H](O)C[C@H](O)CCC[C@@H](O)CCC[C@@H](O)C[C@@H](O)CCCCC1. The maximum Gasteiger partial charge on any atom is 0.330 e. The van der Waals surface area contributed by atoms with E-state index in [4.69, 9.17) is 4.74 Å². The van der Waals surface area contributed by atoms with Crippen molar-refractivity contribution in [3.8, 4) is 0 Å². The van der Waals surface area contributed by atoms with Crippen molar-refractivity contribution in [1.29, 1.82) is 0 Å². The van der Waals surface area contributed by atoms with Gasteiger partial charge in [-0.3, -0.25) is 0 Å². The van der Waals surface area contributed by atoms with Crippen LogP contribution in [0.15, 0.2) is 11.6 Å². The summed E-state index contributed by atoms with van der Waals surface area (Å²) in [7, 11) is 0. The first-order valence-corrected chi connectivity index (χ1v) is 21.9. The Morgan fingerprint density at radius 1 is 0.582 bits per heavy atom. The minimum Gasteiger partial charge on any atom is -0.459 e. The summed E-state index contributed by atoms with van der Waals surface area (Å²) in [5.74, 6) is -0.482. The average Bonchev–Trinajstić information content (AvgIpc) is 3.07. The third kappa shape index (κ3) is 28.8. The van der Waals surface area contributed by atoms with Crippen LogP contribution in [-0.2, 0) is 9.53 Å². The molecule has 1 rings (SSSR count). The summed E-state index contributed by atoms with van der Waals surface area (Å²) in [6.45, 7) is 7.89. The summed E-state index contributed by atoms with van der Waals surface area (Å²) in [6, 6.07) is 0. The number of rotatable bonds is 16. The lowest BCUT2D eigenvalue weighted by Gasteiger charge is -2.26. The number of hydrogen-bond acceptors (Lipinski definition) is 11. The molecule has 0 aromatic carbocycles. The van der Waals surface area contributed by atoms with E-state index in [0.29, 0.717) is 128 Å². The molecule has 0 bridgehead atoms. The second-order valence-corrected chi connectivity index (χ2v) is 18.1. The first-order chi connectivity index (χ1) is 25.9. The van der Waals surface area contributed by atoms with Gasteiger partial charge in [0.1, 0.15) is 6.10 Å². The molecule has 0 unspecified atom stereocenters. The maximum absolute atomic E-state index is 12.9. The van der Waals surface area contributed by atoms with Gasteiger partial charge in [0, 0.05) is 12.5 Å². The number of esters is 1. The maximum atomic E-state index is 12.9. The summed E-state index contributed by atoms with van der Waals surface area (Å²) < 4.78 is 5.81. The van der Waals surface area contributed by atoms with Crippen molar-refractivity contribution < 1.29 is 55.5 Å². The molecule has 55 heavy (non-hydrogen) atoms. The molecule has 0 saturated carbocycles. The highest BCUT2D eigenvalue weighted by atomic mass is 16.5. The first kappa shape index (κ1) is 51.9. The zero-order chi connectivity index (χ0) is 41.2. The highest BCUT2D eigenvalue weighted by Crippen LogP contribution is 2.25. The van der Waals surface area contributed by atoms with E-state index >= 15 is 0 Å². The van der Waals surface area contributed by atoms with Crippen molar-refractivity contribution in [2.45, 2.75) is 256 Å². The molecule has 9 N–H and O–H groups in total. The van der Waals surface area contributed by atoms with E-state index in [-0.39, 0.29) is 18.3 Å². The van der Waals surface area contributed by atoms with Crippen molar-refractivity contribution in [3.63, 3.8) is 0 Å². The number of allylic oxidation sites excluding steroid dienone is 1. The molecule has 0 spiro atoms. The predicted molar refractivity (Wildman–Crippen MR) is 217 cm³/mol. The molecule has 0 saturated heterocycles. The van der Waals surface area contributed by atoms with Gasteiger partial charge in [0.15, 0.2) is 0 Å². The van der Waals surface area contributed by atoms with E-state index in [1.165, 1.54) is 6.08 Å². The minimum absolute atomic E-state index is 0.124. The highest BCUT2D eigenvalue weighted by Gasteiger charge is 2.23. The topological polar surface area (TPSA) is 208 Å². The molecule has 1 heterocycles. The van der Waals surface area contributed by atoms with Crippen LogP contribution in [0.3, 0.4) is 0 Å². The van der Waals surface area contributed by atoms with Crippen LogP contribution >= 0.6 is 0 Å². The number of aliphatic hydroxyl groups is 9. The molecular formula is C44H84O11. The van der Waals surface area contributed by atoms with Crippen LogP contribution in [0.4, 0.5) is 0 Å². The van der Waals surface area contributed by atoms with Gasteiger partial charge in [-0.1, -0.05) is 39.2 Å². The molecule has 0 fully saturated rings. The number of cyclic esters (lactones) is 1. The van der Waals surface area contributed by atoms with Crippen LogP contribution in [0.1, 0.15) is 195 Å². The van der Waals surface area contributed by atoms with E-state index < -0.39 is 67.0 Å². The third-order valence-electron chi connectivity index (χ3n) is 11.3. The lowest BCUT2D eigenvalue weighted by Crippen LogP contribution is -2.27. The van der Waals surface area contributed by atoms with Gasteiger partial charge in [-0.2, -0.15) is 0 Å². The molecule has 0 amide bonds. The number of ether oxygens (including phenoxy) is 1. The Hall–Kier alpha value is -1.15. The molecule has 11 nitrogen and oxygen atoms in total. The predicted octanol–water partition coefficient (Wildman–Crippen LogP) is 6.29. The summed E-state index contributed by atoms with van der Waals surface area (Å²) >= 11 is 0. The molecule has 11 heteroatoms. The van der Waals surface area contributed by atoms with Crippen LogP contribution in [0, 0.1) is 5.41 Å². The lowest BCUT2D eigenvalue weighted by atomic mass is 9.86. The van der Waals surface area contributed by atoms with Gasteiger partial charge in [-0.15, -0.1) is 0 Å². The van der Waals surface area contributed by atoms with Crippen molar-refractivity contribution in [3.05, 3.63) is 11.6 Å². The van der Waals surface area contributed by atoms with Crippen LogP contribution in [0.25, 0.3) is 0 Å². The fourth-order valence-corrected chi connectivity index (χ4v) is 7.53. The van der Waals surface area contributed by atoms with Gasteiger partial charge in [0.25, 0.3) is 0 Å². The summed E-state index contributed by atoms with van der Waals surface area (Å²) in [5.41, 5.74) is 0.719. The quantitative estimate of drug-likeness (QED) is 0.0794. The Morgan fingerprint density at radius 3 is 1.53 bits per heavy atom. The number of carbonyl (C=O) groups excluding carboxylic acids is 1. The summed E-state index contributed by atoms with van der Waals surface area (Å²) in [5, 5.41) is 94.0. The Balaban J connectivity index is 2.57. The Kier molecular flexibility index (Phi) is 28.3. The molecule has 0 radical (unpaired) electrons. The van der Waals surface area contributed by atoms with E-state index in [2.05, 4.69) is 0 Å². The molecule has 0 aliphatic carbocycles. The van der Waals surface area contributed by atoms with E-state index in [1.54, 1.807) is 0 Å². The lowest BCUT2D eigenvalue weighted by molar-refractivity contribution is -0.145. The van der Waals surface area contributed by atoms with Crippen LogP contribution < -0.4 is 0 Å². The van der Waals surface area contributed by atoms with Crippen molar-refractivity contribution in [2.75, 3.05) is 0 Å². The molecule has 1 aliphatic heterocycles. The monoisotopic (exact) mass is 789 g/mol. The van der Waals surface area contributed by atoms with Gasteiger partial charge in [-0.25, -0.2) is 4.79 Å². The van der Waals surface area contributed by atoms with Crippen LogP contribution in [0.2, 0.25) is 0 Å².